The van der Waals surface area contributed by atoms with Gasteiger partial charge < -0.3 is 59.0 Å². The molecule has 5 unspecified atom stereocenters. The number of piperidine rings is 4. The van der Waals surface area contributed by atoms with Crippen LogP contribution in [0.25, 0.3) is 0 Å². The van der Waals surface area contributed by atoms with Gasteiger partial charge in [-0.05, 0) is 143 Å². The Labute approximate surface area is 379 Å². The van der Waals surface area contributed by atoms with Crippen LogP contribution in [0.1, 0.15) is 164 Å². The summed E-state index contributed by atoms with van der Waals surface area (Å²) < 4.78 is 20.9. The van der Waals surface area contributed by atoms with Crippen LogP contribution in [-0.4, -0.2) is 166 Å². The van der Waals surface area contributed by atoms with Gasteiger partial charge in [-0.2, -0.15) is 0 Å². The zero-order valence-electron chi connectivity index (χ0n) is 40.0. The monoisotopic (exact) mass is 901 g/mol. The lowest BCUT2D eigenvalue weighted by Gasteiger charge is -2.36. The lowest BCUT2D eigenvalue weighted by Crippen LogP contribution is -2.46. The van der Waals surface area contributed by atoms with Gasteiger partial charge in [0.05, 0.1) is 6.61 Å². The molecule has 4 aliphatic heterocycles. The fourth-order valence-corrected chi connectivity index (χ4v) is 8.00. The van der Waals surface area contributed by atoms with Crippen molar-refractivity contribution < 1.29 is 58.6 Å². The van der Waals surface area contributed by atoms with Crippen LogP contribution < -0.4 is 0 Å². The molecule has 0 bridgehead atoms. The summed E-state index contributed by atoms with van der Waals surface area (Å²) >= 11 is 0. The van der Waals surface area contributed by atoms with Crippen molar-refractivity contribution in [2.24, 2.45) is 0 Å². The minimum atomic E-state index is -0.446. The standard InChI is InChI=1S/3C12H23NO3.C11H19NO3/c1-12(2,3)16-11(15)13-8-5-4-6-10(13)7-9-14;1-3-10(2)16-12(15)13-8-5-4-6-11(13)7-9-14;1-2-3-10-16-12(15)13-8-5-4-6-11(13)7-9-14;1-2-9-15-11(14)12-7-4-3-5-10(12)6-8-13/h10,14H,4-9H2,1-3H3;10-11,14H,3-9H2,1-2H3;11,14H,2-10H2,1H3;2,10,13H,1,3-9H2. The summed E-state index contributed by atoms with van der Waals surface area (Å²) in [6, 6.07) is 0.623. The van der Waals surface area contributed by atoms with Crippen molar-refractivity contribution in [3.63, 3.8) is 0 Å². The molecule has 0 saturated carbocycles. The number of nitrogens with zero attached hydrogens (tertiary/aromatic N) is 4. The highest BCUT2D eigenvalue weighted by molar-refractivity contribution is 5.69. The van der Waals surface area contributed by atoms with Crippen LogP contribution in [0.3, 0.4) is 0 Å². The summed E-state index contributed by atoms with van der Waals surface area (Å²) in [5.74, 6) is 0. The molecular formula is C47H88N4O12. The second-order valence-corrected chi connectivity index (χ2v) is 17.8. The zero-order chi connectivity index (χ0) is 47.0. The molecular weight excluding hydrogens is 813 g/mol. The van der Waals surface area contributed by atoms with Gasteiger partial charge in [0.25, 0.3) is 0 Å². The Morgan fingerprint density at radius 1 is 0.603 bits per heavy atom. The highest BCUT2D eigenvalue weighted by Gasteiger charge is 2.31. The first-order chi connectivity index (χ1) is 30.2. The maximum Gasteiger partial charge on any atom is 0.410 e. The topological polar surface area (TPSA) is 199 Å². The number of aliphatic hydroxyl groups is 4. The number of carbonyl (C=O) groups excluding carboxylic acids is 4. The van der Waals surface area contributed by atoms with Crippen molar-refractivity contribution in [1.29, 1.82) is 0 Å². The summed E-state index contributed by atoms with van der Waals surface area (Å²) in [6.45, 7) is 19.4. The van der Waals surface area contributed by atoms with Crippen LogP contribution in [0.15, 0.2) is 12.7 Å². The molecule has 4 heterocycles. The Hall–Kier alpha value is -3.34. The zero-order valence-corrected chi connectivity index (χ0v) is 40.0. The minimum Gasteiger partial charge on any atom is -0.449 e. The van der Waals surface area contributed by atoms with E-state index in [9.17, 15) is 19.2 Å². The summed E-state index contributed by atoms with van der Waals surface area (Å²) in [5.41, 5.74) is -0.446. The molecule has 5 atom stereocenters. The van der Waals surface area contributed by atoms with Gasteiger partial charge in [-0.1, -0.05) is 32.9 Å². The number of unbranched alkanes of at least 4 members (excludes halogenated alkanes) is 1. The summed E-state index contributed by atoms with van der Waals surface area (Å²) in [7, 11) is 0. The first-order valence-electron chi connectivity index (χ1n) is 24.1. The molecule has 0 aromatic carbocycles. The molecule has 0 spiro atoms. The predicted molar refractivity (Wildman–Crippen MR) is 244 cm³/mol. The average Bonchev–Trinajstić information content (AvgIpc) is 3.27. The summed E-state index contributed by atoms with van der Waals surface area (Å²) in [5, 5.41) is 35.8. The van der Waals surface area contributed by atoms with Crippen molar-refractivity contribution in [3.05, 3.63) is 12.7 Å². The molecule has 16 nitrogen and oxygen atoms in total. The van der Waals surface area contributed by atoms with Crippen LogP contribution in [-0.2, 0) is 18.9 Å². The van der Waals surface area contributed by atoms with E-state index in [4.69, 9.17) is 39.4 Å². The minimum absolute atomic E-state index is 0.0239. The second kappa shape index (κ2) is 34.1. The molecule has 4 saturated heterocycles. The normalized spacial score (nSPS) is 21.7. The highest BCUT2D eigenvalue weighted by Crippen LogP contribution is 2.24. The van der Waals surface area contributed by atoms with Crippen LogP contribution in [0, 0.1) is 0 Å². The number of likely N-dealkylation sites (tertiary alicyclic amines) is 4. The Morgan fingerprint density at radius 2 is 0.968 bits per heavy atom. The van der Waals surface area contributed by atoms with Gasteiger partial charge in [-0.3, -0.25) is 0 Å². The van der Waals surface area contributed by atoms with Crippen LogP contribution in [0.5, 0.6) is 0 Å². The van der Waals surface area contributed by atoms with E-state index in [1.54, 1.807) is 25.7 Å². The number of ether oxygens (including phenoxy) is 4. The molecule has 4 aliphatic rings. The largest absolute Gasteiger partial charge is 0.449 e. The van der Waals surface area contributed by atoms with Crippen LogP contribution >= 0.6 is 0 Å². The van der Waals surface area contributed by atoms with E-state index in [-0.39, 0.29) is 87.7 Å². The van der Waals surface area contributed by atoms with E-state index in [1.807, 2.05) is 34.6 Å². The van der Waals surface area contributed by atoms with E-state index in [2.05, 4.69) is 13.5 Å². The van der Waals surface area contributed by atoms with Gasteiger partial charge in [0.15, 0.2) is 0 Å². The predicted octanol–water partition coefficient (Wildman–Crippen LogP) is 8.02. The Bertz CT molecular complexity index is 1250. The van der Waals surface area contributed by atoms with Gasteiger partial charge in [0.2, 0.25) is 0 Å². The summed E-state index contributed by atoms with van der Waals surface area (Å²) in [6.07, 6.45) is 18.6. The second-order valence-electron chi connectivity index (χ2n) is 17.8. The fourth-order valence-electron chi connectivity index (χ4n) is 8.00. The Kier molecular flexibility index (Phi) is 31.2. The Balaban J connectivity index is 0.000000420. The quantitative estimate of drug-likeness (QED) is 0.0702. The molecule has 0 aromatic rings. The molecule has 4 rings (SSSR count). The molecule has 368 valence electrons. The number of hydrogen-bond acceptors (Lipinski definition) is 12. The Morgan fingerprint density at radius 3 is 1.30 bits per heavy atom. The molecule has 4 fully saturated rings. The van der Waals surface area contributed by atoms with Crippen molar-refractivity contribution >= 4 is 24.4 Å². The maximum absolute atomic E-state index is 11.9. The lowest BCUT2D eigenvalue weighted by atomic mass is 10.0. The molecule has 4 N–H and O–H groups in total. The third kappa shape index (κ3) is 24.0. The van der Waals surface area contributed by atoms with E-state index in [0.717, 1.165) is 122 Å². The molecule has 4 amide bonds. The molecule has 0 radical (unpaired) electrons. The van der Waals surface area contributed by atoms with E-state index in [1.165, 1.54) is 0 Å². The van der Waals surface area contributed by atoms with E-state index in [0.29, 0.717) is 32.3 Å². The SMILES string of the molecule is C=CCOC(=O)N1CCCCC1CCO.CC(C)(C)OC(=O)N1CCCCC1CCO.CCC(C)OC(=O)N1CCCCC1CCO.CCCCOC(=O)N1CCCCC1CCO. The summed E-state index contributed by atoms with van der Waals surface area (Å²) in [4.78, 5) is 54.3. The number of carbonyl (C=O) groups is 4. The molecule has 16 heteroatoms. The molecule has 0 aromatic heterocycles. The smallest absolute Gasteiger partial charge is 0.410 e. The van der Waals surface area contributed by atoms with Gasteiger partial charge >= 0.3 is 24.4 Å². The third-order valence-corrected chi connectivity index (χ3v) is 11.6. The van der Waals surface area contributed by atoms with Crippen LogP contribution in [0.4, 0.5) is 19.2 Å². The van der Waals surface area contributed by atoms with E-state index < -0.39 is 5.60 Å². The first kappa shape index (κ1) is 57.7. The third-order valence-electron chi connectivity index (χ3n) is 11.6. The van der Waals surface area contributed by atoms with Gasteiger partial charge in [-0.25, -0.2) is 19.2 Å². The first-order valence-corrected chi connectivity index (χ1v) is 24.1. The van der Waals surface area contributed by atoms with Crippen molar-refractivity contribution in [2.75, 3.05) is 65.8 Å². The number of hydrogen-bond donors (Lipinski definition) is 4. The van der Waals surface area contributed by atoms with E-state index >= 15 is 0 Å². The van der Waals surface area contributed by atoms with Gasteiger partial charge in [-0.15, -0.1) is 0 Å². The molecule has 63 heavy (non-hydrogen) atoms. The fraction of sp³-hybridized carbons (Fsp3) is 0.872. The van der Waals surface area contributed by atoms with Gasteiger partial charge in [0, 0.05) is 76.8 Å². The maximum atomic E-state index is 11.9. The average molecular weight is 901 g/mol. The molecule has 0 aliphatic carbocycles. The van der Waals surface area contributed by atoms with Crippen molar-refractivity contribution in [3.8, 4) is 0 Å². The van der Waals surface area contributed by atoms with Crippen molar-refractivity contribution in [2.45, 2.75) is 199 Å². The van der Waals surface area contributed by atoms with Crippen molar-refractivity contribution in [1.82, 2.24) is 19.6 Å². The van der Waals surface area contributed by atoms with Gasteiger partial charge in [0.1, 0.15) is 18.3 Å². The lowest BCUT2D eigenvalue weighted by molar-refractivity contribution is 0.00699. The number of amides is 4. The number of rotatable bonds is 15. The number of aliphatic hydroxyl groups excluding tert-OH is 4. The van der Waals surface area contributed by atoms with Crippen LogP contribution in [0.2, 0.25) is 0 Å². The highest BCUT2D eigenvalue weighted by atomic mass is 16.6.